The van der Waals surface area contributed by atoms with Crippen LogP contribution in [0.1, 0.15) is 26.3 Å². The normalized spacial score (nSPS) is 10.0. The van der Waals surface area contributed by atoms with E-state index in [1.807, 2.05) is 0 Å². The highest BCUT2D eigenvalue weighted by atomic mass is 16.5. The predicted molar refractivity (Wildman–Crippen MR) is 85.6 cm³/mol. The standard InChI is InChI=1S/C17H17NO5/c1-10-7-8-11(17(20)21)9-12(10)18-16(19)15-13(22-2)5-4-6-14(15)23-3/h4-9H,1-3H3,(H,18,19)(H,20,21). The van der Waals surface area contributed by atoms with Gasteiger partial charge in [0.1, 0.15) is 17.1 Å². The average Bonchev–Trinajstić information content (AvgIpc) is 2.55. The molecule has 0 aromatic heterocycles. The molecule has 6 heteroatoms. The number of benzene rings is 2. The third kappa shape index (κ3) is 3.42. The lowest BCUT2D eigenvalue weighted by molar-refractivity contribution is 0.0696. The number of anilines is 1. The Labute approximate surface area is 133 Å². The van der Waals surface area contributed by atoms with Gasteiger partial charge in [-0.05, 0) is 36.8 Å². The van der Waals surface area contributed by atoms with Gasteiger partial charge in [-0.25, -0.2) is 4.79 Å². The molecule has 0 spiro atoms. The van der Waals surface area contributed by atoms with Crippen LogP contribution < -0.4 is 14.8 Å². The highest BCUT2D eigenvalue weighted by Crippen LogP contribution is 2.29. The van der Waals surface area contributed by atoms with E-state index in [4.69, 9.17) is 14.6 Å². The second-order valence-corrected chi connectivity index (χ2v) is 4.83. The molecule has 0 saturated heterocycles. The van der Waals surface area contributed by atoms with Crippen molar-refractivity contribution in [2.45, 2.75) is 6.92 Å². The van der Waals surface area contributed by atoms with E-state index in [0.717, 1.165) is 5.56 Å². The number of ether oxygens (including phenoxy) is 2. The zero-order valence-electron chi connectivity index (χ0n) is 13.0. The Morgan fingerprint density at radius 1 is 1.04 bits per heavy atom. The van der Waals surface area contributed by atoms with E-state index >= 15 is 0 Å². The Kier molecular flexibility index (Phi) is 4.85. The fourth-order valence-corrected chi connectivity index (χ4v) is 2.15. The molecule has 0 fully saturated rings. The number of aromatic carboxylic acids is 1. The average molecular weight is 315 g/mol. The second-order valence-electron chi connectivity index (χ2n) is 4.83. The van der Waals surface area contributed by atoms with E-state index in [0.29, 0.717) is 17.2 Å². The number of hydrogen-bond donors (Lipinski definition) is 2. The molecular weight excluding hydrogens is 298 g/mol. The lowest BCUT2D eigenvalue weighted by atomic mass is 10.1. The zero-order chi connectivity index (χ0) is 17.0. The van der Waals surface area contributed by atoms with Gasteiger partial charge in [0.25, 0.3) is 5.91 Å². The molecule has 6 nitrogen and oxygen atoms in total. The number of amides is 1. The highest BCUT2D eigenvalue weighted by Gasteiger charge is 2.19. The first-order valence-electron chi connectivity index (χ1n) is 6.84. The molecule has 0 atom stereocenters. The third-order valence-corrected chi connectivity index (χ3v) is 3.39. The fraction of sp³-hybridized carbons (Fsp3) is 0.176. The van der Waals surface area contributed by atoms with Crippen molar-refractivity contribution in [1.29, 1.82) is 0 Å². The monoisotopic (exact) mass is 315 g/mol. The number of carbonyl (C=O) groups is 2. The molecule has 0 unspecified atom stereocenters. The lowest BCUT2D eigenvalue weighted by Gasteiger charge is -2.14. The van der Waals surface area contributed by atoms with Crippen LogP contribution in [0.5, 0.6) is 11.5 Å². The predicted octanol–water partition coefficient (Wildman–Crippen LogP) is 2.96. The molecule has 23 heavy (non-hydrogen) atoms. The number of nitrogens with one attached hydrogen (secondary N) is 1. The summed E-state index contributed by atoms with van der Waals surface area (Å²) in [4.78, 5) is 23.7. The van der Waals surface area contributed by atoms with Gasteiger partial charge in [-0.3, -0.25) is 4.79 Å². The van der Waals surface area contributed by atoms with Crippen LogP contribution in [0.2, 0.25) is 0 Å². The number of carbonyl (C=O) groups excluding carboxylic acids is 1. The van der Waals surface area contributed by atoms with Crippen LogP contribution in [0, 0.1) is 6.92 Å². The molecule has 2 rings (SSSR count). The molecule has 0 heterocycles. The Bertz CT molecular complexity index is 732. The minimum atomic E-state index is -1.06. The van der Waals surface area contributed by atoms with Gasteiger partial charge >= 0.3 is 5.97 Å². The molecule has 0 aliphatic rings. The summed E-state index contributed by atoms with van der Waals surface area (Å²) < 4.78 is 10.4. The number of carboxylic acid groups (broad SMARTS) is 1. The number of hydrogen-bond acceptors (Lipinski definition) is 4. The minimum Gasteiger partial charge on any atom is -0.496 e. The van der Waals surface area contributed by atoms with Crippen molar-refractivity contribution in [3.63, 3.8) is 0 Å². The molecule has 2 aromatic carbocycles. The Morgan fingerprint density at radius 2 is 1.65 bits per heavy atom. The number of methoxy groups -OCH3 is 2. The van der Waals surface area contributed by atoms with Crippen molar-refractivity contribution in [2.24, 2.45) is 0 Å². The first-order chi connectivity index (χ1) is 11.0. The molecule has 120 valence electrons. The van der Waals surface area contributed by atoms with E-state index < -0.39 is 11.9 Å². The van der Waals surface area contributed by atoms with Gasteiger partial charge in [-0.1, -0.05) is 12.1 Å². The van der Waals surface area contributed by atoms with Gasteiger partial charge in [0.15, 0.2) is 0 Å². The summed E-state index contributed by atoms with van der Waals surface area (Å²) in [6.45, 7) is 1.78. The van der Waals surface area contributed by atoms with Gasteiger partial charge in [0, 0.05) is 5.69 Å². The maximum Gasteiger partial charge on any atom is 0.335 e. The van der Waals surface area contributed by atoms with E-state index in [2.05, 4.69) is 5.32 Å². The van der Waals surface area contributed by atoms with Crippen molar-refractivity contribution in [2.75, 3.05) is 19.5 Å². The van der Waals surface area contributed by atoms with E-state index in [1.165, 1.54) is 26.4 Å². The largest absolute Gasteiger partial charge is 0.496 e. The molecule has 0 aliphatic carbocycles. The number of aryl methyl sites for hydroxylation is 1. The van der Waals surface area contributed by atoms with Gasteiger partial charge in [0.05, 0.1) is 19.8 Å². The van der Waals surface area contributed by atoms with Crippen LogP contribution in [0.15, 0.2) is 36.4 Å². The lowest BCUT2D eigenvalue weighted by Crippen LogP contribution is -2.15. The van der Waals surface area contributed by atoms with Crippen LogP contribution >= 0.6 is 0 Å². The molecule has 0 radical (unpaired) electrons. The van der Waals surface area contributed by atoms with E-state index in [-0.39, 0.29) is 11.1 Å². The number of carboxylic acids is 1. The summed E-state index contributed by atoms with van der Waals surface area (Å²) in [5.74, 6) is -0.761. The smallest absolute Gasteiger partial charge is 0.335 e. The first kappa shape index (κ1) is 16.4. The molecular formula is C17H17NO5. The minimum absolute atomic E-state index is 0.0953. The van der Waals surface area contributed by atoms with Crippen molar-refractivity contribution < 1.29 is 24.2 Å². The Hall–Kier alpha value is -3.02. The highest BCUT2D eigenvalue weighted by molar-refractivity contribution is 6.09. The summed E-state index contributed by atoms with van der Waals surface area (Å²) in [6, 6.07) is 9.55. The van der Waals surface area contributed by atoms with Crippen LogP contribution in [-0.2, 0) is 0 Å². The van der Waals surface area contributed by atoms with E-state index in [1.54, 1.807) is 31.2 Å². The summed E-state index contributed by atoms with van der Waals surface area (Å²) in [6.07, 6.45) is 0. The van der Waals surface area contributed by atoms with Crippen LogP contribution in [0.25, 0.3) is 0 Å². The van der Waals surface area contributed by atoms with Gasteiger partial charge in [0.2, 0.25) is 0 Å². The molecule has 0 saturated carbocycles. The van der Waals surface area contributed by atoms with Crippen molar-refractivity contribution in [1.82, 2.24) is 0 Å². The summed E-state index contributed by atoms with van der Waals surface area (Å²) in [5, 5.41) is 11.8. The van der Waals surface area contributed by atoms with Crippen LogP contribution in [0.4, 0.5) is 5.69 Å². The van der Waals surface area contributed by atoms with E-state index in [9.17, 15) is 9.59 Å². The molecule has 0 aliphatic heterocycles. The van der Waals surface area contributed by atoms with Crippen molar-refractivity contribution in [3.05, 3.63) is 53.1 Å². The van der Waals surface area contributed by atoms with Crippen molar-refractivity contribution >= 4 is 17.6 Å². The zero-order valence-corrected chi connectivity index (χ0v) is 13.0. The quantitative estimate of drug-likeness (QED) is 0.886. The molecule has 0 bridgehead atoms. The molecule has 2 aromatic rings. The van der Waals surface area contributed by atoms with Gasteiger partial charge < -0.3 is 19.9 Å². The maximum absolute atomic E-state index is 12.6. The van der Waals surface area contributed by atoms with Gasteiger partial charge in [-0.2, -0.15) is 0 Å². The SMILES string of the molecule is COc1cccc(OC)c1C(=O)Nc1cc(C(=O)O)ccc1C. The van der Waals surface area contributed by atoms with Crippen molar-refractivity contribution in [3.8, 4) is 11.5 Å². The second kappa shape index (κ2) is 6.83. The Balaban J connectivity index is 2.40. The van der Waals surface area contributed by atoms with Crippen LogP contribution in [0.3, 0.4) is 0 Å². The van der Waals surface area contributed by atoms with Crippen LogP contribution in [-0.4, -0.2) is 31.2 Å². The van der Waals surface area contributed by atoms with Gasteiger partial charge in [-0.15, -0.1) is 0 Å². The summed E-state index contributed by atoms with van der Waals surface area (Å²) in [5.41, 5.74) is 1.51. The number of rotatable bonds is 5. The molecule has 2 N–H and O–H groups in total. The summed E-state index contributed by atoms with van der Waals surface area (Å²) >= 11 is 0. The molecule has 1 amide bonds. The fourth-order valence-electron chi connectivity index (χ4n) is 2.15. The first-order valence-corrected chi connectivity index (χ1v) is 6.84. The summed E-state index contributed by atoms with van der Waals surface area (Å²) in [7, 11) is 2.92. The topological polar surface area (TPSA) is 84.9 Å². The third-order valence-electron chi connectivity index (χ3n) is 3.39. The maximum atomic E-state index is 12.6. The Morgan fingerprint density at radius 3 is 2.17 bits per heavy atom.